The largest absolute Gasteiger partial charge is 0.396 e. The third-order valence-electron chi connectivity index (χ3n) is 2.46. The lowest BCUT2D eigenvalue weighted by molar-refractivity contribution is 0.228. The van der Waals surface area contributed by atoms with Gasteiger partial charge in [-0.25, -0.2) is 4.79 Å². The molecule has 96 valence electrons. The highest BCUT2D eigenvalue weighted by Gasteiger charge is 2.09. The molecular formula is C12H26N2O2. The molecule has 2 amide bonds. The molecule has 1 atom stereocenters. The highest BCUT2D eigenvalue weighted by molar-refractivity contribution is 5.73. The second-order valence-corrected chi connectivity index (χ2v) is 4.65. The van der Waals surface area contributed by atoms with Crippen LogP contribution in [0.5, 0.6) is 0 Å². The van der Waals surface area contributed by atoms with Crippen molar-refractivity contribution in [3.8, 4) is 0 Å². The number of carbonyl (C=O) groups excluding carboxylic acids is 1. The molecule has 0 aromatic carbocycles. The fraction of sp³-hybridized carbons (Fsp3) is 0.917. The molecule has 0 spiro atoms. The quantitative estimate of drug-likeness (QED) is 0.595. The molecule has 0 rings (SSSR count). The molecule has 0 fully saturated rings. The summed E-state index contributed by atoms with van der Waals surface area (Å²) in [5.41, 5.74) is 0. The number of rotatable bonds is 8. The van der Waals surface area contributed by atoms with Crippen LogP contribution >= 0.6 is 0 Å². The van der Waals surface area contributed by atoms with E-state index in [1.807, 2.05) is 0 Å². The van der Waals surface area contributed by atoms with Gasteiger partial charge in [-0.1, -0.05) is 27.2 Å². The molecule has 0 aliphatic carbocycles. The summed E-state index contributed by atoms with van der Waals surface area (Å²) < 4.78 is 0. The number of aliphatic hydroxyl groups excluding tert-OH is 1. The number of carbonyl (C=O) groups is 1. The van der Waals surface area contributed by atoms with Gasteiger partial charge in [0.2, 0.25) is 0 Å². The number of amides is 2. The third-order valence-corrected chi connectivity index (χ3v) is 2.46. The fourth-order valence-corrected chi connectivity index (χ4v) is 1.54. The first kappa shape index (κ1) is 15.2. The zero-order chi connectivity index (χ0) is 12.4. The molecule has 4 heteroatoms. The standard InChI is InChI=1S/C12H26N2O2/c1-4-5-11(6-7-15)9-14-12(16)13-8-10(2)3/h10-11,15H,4-9H2,1-3H3,(H2,13,14,16). The lowest BCUT2D eigenvalue weighted by Crippen LogP contribution is -2.39. The van der Waals surface area contributed by atoms with Gasteiger partial charge in [0.05, 0.1) is 0 Å². The normalized spacial score (nSPS) is 12.6. The van der Waals surface area contributed by atoms with Crippen LogP contribution in [0.25, 0.3) is 0 Å². The summed E-state index contributed by atoms with van der Waals surface area (Å²) in [7, 11) is 0. The molecule has 3 N–H and O–H groups in total. The van der Waals surface area contributed by atoms with Crippen LogP contribution < -0.4 is 10.6 Å². The molecular weight excluding hydrogens is 204 g/mol. The minimum absolute atomic E-state index is 0.104. The maximum atomic E-state index is 11.4. The molecule has 4 nitrogen and oxygen atoms in total. The first-order valence-electron chi connectivity index (χ1n) is 6.22. The van der Waals surface area contributed by atoms with Crippen LogP contribution in [0.4, 0.5) is 4.79 Å². The molecule has 0 aliphatic heterocycles. The molecule has 0 saturated carbocycles. The van der Waals surface area contributed by atoms with Crippen LogP contribution in [-0.2, 0) is 0 Å². The second kappa shape index (κ2) is 9.46. The monoisotopic (exact) mass is 230 g/mol. The Labute approximate surface area is 98.8 Å². The van der Waals surface area contributed by atoms with Gasteiger partial charge in [0.15, 0.2) is 0 Å². The molecule has 0 heterocycles. The van der Waals surface area contributed by atoms with E-state index in [0.717, 1.165) is 19.3 Å². The molecule has 0 aromatic heterocycles. The van der Waals surface area contributed by atoms with E-state index in [1.165, 1.54) is 0 Å². The van der Waals surface area contributed by atoms with E-state index in [-0.39, 0.29) is 12.6 Å². The third kappa shape index (κ3) is 8.53. The van der Waals surface area contributed by atoms with Crippen LogP contribution in [0.15, 0.2) is 0 Å². The number of aliphatic hydroxyl groups is 1. The van der Waals surface area contributed by atoms with Crippen molar-refractivity contribution in [2.75, 3.05) is 19.7 Å². The van der Waals surface area contributed by atoms with E-state index in [9.17, 15) is 4.79 Å². The second-order valence-electron chi connectivity index (χ2n) is 4.65. The Hall–Kier alpha value is -0.770. The molecule has 0 saturated heterocycles. The number of nitrogens with one attached hydrogen (secondary N) is 2. The van der Waals surface area contributed by atoms with E-state index >= 15 is 0 Å². The minimum Gasteiger partial charge on any atom is -0.396 e. The maximum Gasteiger partial charge on any atom is 0.314 e. The molecule has 0 radical (unpaired) electrons. The smallest absolute Gasteiger partial charge is 0.314 e. The summed E-state index contributed by atoms with van der Waals surface area (Å²) in [6, 6.07) is -0.104. The van der Waals surface area contributed by atoms with Gasteiger partial charge in [-0.15, -0.1) is 0 Å². The van der Waals surface area contributed by atoms with Crippen molar-refractivity contribution in [3.63, 3.8) is 0 Å². The zero-order valence-corrected chi connectivity index (χ0v) is 10.8. The lowest BCUT2D eigenvalue weighted by Gasteiger charge is -2.16. The highest BCUT2D eigenvalue weighted by atomic mass is 16.3. The predicted octanol–water partition coefficient (Wildman–Crippen LogP) is 1.74. The van der Waals surface area contributed by atoms with Gasteiger partial charge in [0, 0.05) is 19.7 Å². The highest BCUT2D eigenvalue weighted by Crippen LogP contribution is 2.08. The maximum absolute atomic E-state index is 11.4. The Balaban J connectivity index is 3.68. The van der Waals surface area contributed by atoms with E-state index in [4.69, 9.17) is 5.11 Å². The Bertz CT molecular complexity index is 178. The molecule has 1 unspecified atom stereocenters. The average Bonchev–Trinajstić information content (AvgIpc) is 2.23. The van der Waals surface area contributed by atoms with Gasteiger partial charge >= 0.3 is 6.03 Å². The van der Waals surface area contributed by atoms with Crippen molar-refractivity contribution >= 4 is 6.03 Å². The molecule has 0 aromatic rings. The van der Waals surface area contributed by atoms with Gasteiger partial charge in [0.25, 0.3) is 0 Å². The first-order chi connectivity index (χ1) is 7.60. The topological polar surface area (TPSA) is 61.4 Å². The summed E-state index contributed by atoms with van der Waals surface area (Å²) in [4.78, 5) is 11.4. The molecule has 16 heavy (non-hydrogen) atoms. The van der Waals surface area contributed by atoms with Crippen molar-refractivity contribution in [3.05, 3.63) is 0 Å². The van der Waals surface area contributed by atoms with E-state index in [0.29, 0.717) is 24.9 Å². The van der Waals surface area contributed by atoms with Crippen molar-refractivity contribution in [1.82, 2.24) is 10.6 Å². The van der Waals surface area contributed by atoms with Crippen LogP contribution in [0.3, 0.4) is 0 Å². The average molecular weight is 230 g/mol. The molecule has 0 bridgehead atoms. The van der Waals surface area contributed by atoms with Crippen molar-refractivity contribution in [2.24, 2.45) is 11.8 Å². The summed E-state index contributed by atoms with van der Waals surface area (Å²) in [6.07, 6.45) is 2.89. The van der Waals surface area contributed by atoms with Gasteiger partial charge < -0.3 is 15.7 Å². The van der Waals surface area contributed by atoms with Gasteiger partial charge in [0.1, 0.15) is 0 Å². The van der Waals surface area contributed by atoms with Gasteiger partial charge in [-0.05, 0) is 24.7 Å². The van der Waals surface area contributed by atoms with Crippen molar-refractivity contribution in [1.29, 1.82) is 0 Å². The SMILES string of the molecule is CCCC(CCO)CNC(=O)NCC(C)C. The summed E-state index contributed by atoms with van der Waals surface area (Å²) in [5, 5.41) is 14.5. The van der Waals surface area contributed by atoms with Crippen LogP contribution in [0.2, 0.25) is 0 Å². The first-order valence-corrected chi connectivity index (χ1v) is 6.22. The Morgan fingerprint density at radius 2 is 1.81 bits per heavy atom. The van der Waals surface area contributed by atoms with Gasteiger partial charge in [-0.2, -0.15) is 0 Å². The van der Waals surface area contributed by atoms with Crippen LogP contribution in [0.1, 0.15) is 40.0 Å². The Morgan fingerprint density at radius 3 is 2.31 bits per heavy atom. The Morgan fingerprint density at radius 1 is 1.19 bits per heavy atom. The zero-order valence-electron chi connectivity index (χ0n) is 10.8. The summed E-state index contributed by atoms with van der Waals surface area (Å²) in [6.45, 7) is 7.78. The summed E-state index contributed by atoms with van der Waals surface area (Å²) in [5.74, 6) is 0.856. The predicted molar refractivity (Wildman–Crippen MR) is 66.3 cm³/mol. The van der Waals surface area contributed by atoms with Crippen molar-refractivity contribution < 1.29 is 9.90 Å². The lowest BCUT2D eigenvalue weighted by atomic mass is 10.0. The van der Waals surface area contributed by atoms with E-state index in [2.05, 4.69) is 31.4 Å². The van der Waals surface area contributed by atoms with Crippen molar-refractivity contribution in [2.45, 2.75) is 40.0 Å². The van der Waals surface area contributed by atoms with Gasteiger partial charge in [-0.3, -0.25) is 0 Å². The minimum atomic E-state index is -0.104. The Kier molecular flexibility index (Phi) is 9.00. The summed E-state index contributed by atoms with van der Waals surface area (Å²) >= 11 is 0. The van der Waals surface area contributed by atoms with E-state index < -0.39 is 0 Å². The fourth-order valence-electron chi connectivity index (χ4n) is 1.54. The molecule has 0 aliphatic rings. The number of hydrogen-bond donors (Lipinski definition) is 3. The van der Waals surface area contributed by atoms with Crippen LogP contribution in [-0.4, -0.2) is 30.8 Å². The number of hydrogen-bond acceptors (Lipinski definition) is 2. The van der Waals surface area contributed by atoms with Crippen LogP contribution in [0, 0.1) is 11.8 Å². The van der Waals surface area contributed by atoms with E-state index in [1.54, 1.807) is 0 Å². The number of urea groups is 1.